The van der Waals surface area contributed by atoms with Crippen LogP contribution in [-0.2, 0) is 10.1 Å². The van der Waals surface area contributed by atoms with Crippen molar-refractivity contribution >= 4 is 33.3 Å². The fourth-order valence-electron chi connectivity index (χ4n) is 1.99. The smallest absolute Gasteiger partial charge is 0.282 e. The van der Waals surface area contributed by atoms with Crippen molar-refractivity contribution in [2.75, 3.05) is 0 Å². The van der Waals surface area contributed by atoms with Crippen molar-refractivity contribution in [1.29, 1.82) is 0 Å². The molecular formula is C20H18Cl2IO3S+. The van der Waals surface area contributed by atoms with Crippen LogP contribution >= 0.6 is 23.2 Å². The molecule has 0 unspecified atom stereocenters. The van der Waals surface area contributed by atoms with Gasteiger partial charge in [-0.3, -0.25) is 4.55 Å². The fourth-order valence-corrected chi connectivity index (χ4v) is 5.39. The minimum absolute atomic E-state index is 0.00313. The highest BCUT2D eigenvalue weighted by atomic mass is 127. The van der Waals surface area contributed by atoms with Gasteiger partial charge < -0.3 is 0 Å². The molecule has 0 saturated carbocycles. The van der Waals surface area contributed by atoms with Gasteiger partial charge in [-0.25, -0.2) is 0 Å². The van der Waals surface area contributed by atoms with E-state index in [0.29, 0.717) is 0 Å². The molecule has 0 bridgehead atoms. The molecule has 0 heterocycles. The molecule has 7 heteroatoms. The summed E-state index contributed by atoms with van der Waals surface area (Å²) in [7, 11) is -4.27. The summed E-state index contributed by atoms with van der Waals surface area (Å²) in [5.74, 6) is 0. The van der Waals surface area contributed by atoms with E-state index in [9.17, 15) is 8.42 Å². The van der Waals surface area contributed by atoms with Gasteiger partial charge in [0.2, 0.25) is 0 Å². The van der Waals surface area contributed by atoms with Crippen LogP contribution in [0.15, 0.2) is 71.6 Å². The van der Waals surface area contributed by atoms with Gasteiger partial charge in [0.1, 0.15) is 4.90 Å². The van der Waals surface area contributed by atoms with Crippen molar-refractivity contribution < 1.29 is 34.2 Å². The molecule has 0 saturated heterocycles. The van der Waals surface area contributed by atoms with E-state index in [4.69, 9.17) is 27.8 Å². The van der Waals surface area contributed by atoms with Crippen LogP contribution in [0.4, 0.5) is 0 Å². The van der Waals surface area contributed by atoms with Crippen LogP contribution in [0.2, 0.25) is 10.0 Å². The molecule has 0 aliphatic heterocycles. The SMILES string of the molecule is Cc1ccc([I+]c2ccc(C)cc2)cc1.O=S(=O)(O)c1cc(Cl)ccc1Cl. The van der Waals surface area contributed by atoms with Crippen LogP contribution in [-0.4, -0.2) is 13.0 Å². The minimum Gasteiger partial charge on any atom is -0.282 e. The van der Waals surface area contributed by atoms with Gasteiger partial charge in [0, 0.05) is 5.02 Å². The Labute approximate surface area is 180 Å². The van der Waals surface area contributed by atoms with Crippen LogP contribution in [0.25, 0.3) is 0 Å². The van der Waals surface area contributed by atoms with E-state index in [1.54, 1.807) is 0 Å². The molecule has 1 N–H and O–H groups in total. The third kappa shape index (κ3) is 7.43. The molecular weight excluding hydrogens is 518 g/mol. The van der Waals surface area contributed by atoms with Crippen molar-refractivity contribution in [3.63, 3.8) is 0 Å². The van der Waals surface area contributed by atoms with Gasteiger partial charge in [-0.15, -0.1) is 0 Å². The summed E-state index contributed by atoms with van der Waals surface area (Å²) in [5, 5.41) is 0.147. The molecule has 3 nitrogen and oxygen atoms in total. The first-order valence-corrected chi connectivity index (χ1v) is 12.2. The highest BCUT2D eigenvalue weighted by molar-refractivity contribution is 7.86. The zero-order chi connectivity index (χ0) is 20.0. The normalized spacial score (nSPS) is 10.9. The monoisotopic (exact) mass is 535 g/mol. The molecule has 3 aromatic rings. The molecule has 0 atom stereocenters. The predicted molar refractivity (Wildman–Crippen MR) is 106 cm³/mol. The zero-order valence-electron chi connectivity index (χ0n) is 14.7. The average Bonchev–Trinajstić information content (AvgIpc) is 2.61. The molecule has 27 heavy (non-hydrogen) atoms. The van der Waals surface area contributed by atoms with Gasteiger partial charge >= 0.3 is 21.2 Å². The zero-order valence-corrected chi connectivity index (χ0v) is 19.1. The van der Waals surface area contributed by atoms with Crippen molar-refractivity contribution in [1.82, 2.24) is 0 Å². The fraction of sp³-hybridized carbons (Fsp3) is 0.100. The first-order valence-electron chi connectivity index (χ1n) is 7.86. The second kappa shape index (κ2) is 9.89. The Kier molecular flexibility index (Phi) is 8.12. The van der Waals surface area contributed by atoms with E-state index in [2.05, 4.69) is 62.4 Å². The lowest BCUT2D eigenvalue weighted by Gasteiger charge is -1.99. The first kappa shape index (κ1) is 22.2. The highest BCUT2D eigenvalue weighted by Gasteiger charge is 2.15. The predicted octanol–water partition coefficient (Wildman–Crippen LogP) is 2.67. The molecule has 0 aliphatic carbocycles. The maximum absolute atomic E-state index is 10.6. The summed E-state index contributed by atoms with van der Waals surface area (Å²) in [5.41, 5.74) is 2.68. The maximum atomic E-state index is 10.6. The Bertz CT molecular complexity index is 959. The van der Waals surface area contributed by atoms with Crippen molar-refractivity contribution in [2.24, 2.45) is 0 Å². The molecule has 0 fully saturated rings. The molecule has 0 radical (unpaired) electrons. The van der Waals surface area contributed by atoms with Crippen LogP contribution < -0.4 is 21.2 Å². The number of aryl methyl sites for hydroxylation is 2. The standard InChI is InChI=1S/C14H14I.C6H4Cl2O3S/c1-11-3-7-13(8-4-11)15-14-9-5-12(2)6-10-14;7-4-1-2-5(8)6(3-4)12(9,10)11/h3-10H,1-2H3;1-3H,(H,9,10,11)/q+1;. The van der Waals surface area contributed by atoms with Gasteiger partial charge in [-0.05, 0) is 56.3 Å². The van der Waals surface area contributed by atoms with Crippen molar-refractivity contribution in [3.05, 3.63) is 95.0 Å². The minimum atomic E-state index is -4.27. The lowest BCUT2D eigenvalue weighted by molar-refractivity contribution is -0.597. The average molecular weight is 536 g/mol. The molecule has 0 aliphatic rings. The van der Waals surface area contributed by atoms with Crippen LogP contribution in [0.1, 0.15) is 11.1 Å². The van der Waals surface area contributed by atoms with Gasteiger partial charge in [-0.1, -0.05) is 58.6 Å². The summed E-state index contributed by atoms with van der Waals surface area (Å²) >= 11 is 11.0. The molecule has 3 rings (SSSR count). The van der Waals surface area contributed by atoms with E-state index in [1.807, 2.05) is 0 Å². The topological polar surface area (TPSA) is 54.4 Å². The number of halogens is 3. The number of hydrogen-bond donors (Lipinski definition) is 1. The van der Waals surface area contributed by atoms with E-state index in [1.165, 1.54) is 30.4 Å². The second-order valence-electron chi connectivity index (χ2n) is 5.74. The van der Waals surface area contributed by atoms with E-state index < -0.39 is 10.1 Å². The molecule has 3 aromatic carbocycles. The third-order valence-electron chi connectivity index (χ3n) is 3.41. The van der Waals surface area contributed by atoms with Gasteiger partial charge in [0.05, 0.1) is 5.02 Å². The maximum Gasteiger partial charge on any atom is 0.357 e. The van der Waals surface area contributed by atoms with Crippen molar-refractivity contribution in [2.45, 2.75) is 18.7 Å². The molecule has 0 spiro atoms. The Balaban J connectivity index is 0.000000199. The number of rotatable bonds is 3. The first-order chi connectivity index (χ1) is 12.6. The Morgan fingerprint density at radius 1 is 0.778 bits per heavy atom. The Hall–Kier alpha value is -1.12. The van der Waals surface area contributed by atoms with Crippen molar-refractivity contribution in [3.8, 4) is 0 Å². The molecule has 0 aromatic heterocycles. The van der Waals surface area contributed by atoms with E-state index in [0.717, 1.165) is 6.07 Å². The Morgan fingerprint density at radius 3 is 1.59 bits per heavy atom. The highest BCUT2D eigenvalue weighted by Crippen LogP contribution is 2.24. The summed E-state index contributed by atoms with van der Waals surface area (Å²) < 4.78 is 32.8. The van der Waals surface area contributed by atoms with Gasteiger partial charge in [-0.2, -0.15) is 8.42 Å². The number of benzene rings is 3. The summed E-state index contributed by atoms with van der Waals surface area (Å²) in [6, 6.07) is 21.6. The van der Waals surface area contributed by atoms with Crippen LogP contribution in [0.3, 0.4) is 0 Å². The van der Waals surface area contributed by atoms with Crippen LogP contribution in [0, 0.1) is 21.0 Å². The second-order valence-corrected chi connectivity index (χ2v) is 11.0. The Morgan fingerprint density at radius 2 is 1.22 bits per heavy atom. The van der Waals surface area contributed by atoms with E-state index >= 15 is 0 Å². The molecule has 0 amide bonds. The lowest BCUT2D eigenvalue weighted by atomic mass is 10.2. The third-order valence-corrected chi connectivity index (χ3v) is 7.67. The van der Waals surface area contributed by atoms with E-state index in [-0.39, 0.29) is 36.1 Å². The van der Waals surface area contributed by atoms with Gasteiger partial charge in [0.15, 0.2) is 7.14 Å². The van der Waals surface area contributed by atoms with Crippen LogP contribution in [0.5, 0.6) is 0 Å². The van der Waals surface area contributed by atoms with Gasteiger partial charge in [0.25, 0.3) is 10.1 Å². The summed E-state index contributed by atoms with van der Waals surface area (Å²) in [6.45, 7) is 4.27. The quantitative estimate of drug-likeness (QED) is 0.414. The molecule has 142 valence electrons. The number of hydrogen-bond acceptors (Lipinski definition) is 2. The lowest BCUT2D eigenvalue weighted by Crippen LogP contribution is -3.61. The summed E-state index contributed by atoms with van der Waals surface area (Å²) in [6.07, 6.45) is 0. The summed E-state index contributed by atoms with van der Waals surface area (Å²) in [4.78, 5) is -0.378. The largest absolute Gasteiger partial charge is 0.357 e.